The minimum absolute atomic E-state index is 0.0517. The first-order valence-corrected chi connectivity index (χ1v) is 14.8. The van der Waals surface area contributed by atoms with Gasteiger partial charge < -0.3 is 19.3 Å². The largest absolute Gasteiger partial charge is 0.490 e. The quantitative estimate of drug-likeness (QED) is 0.0983. The molecule has 2 aromatic carbocycles. The molecule has 0 radical (unpaired) electrons. The smallest absolute Gasteiger partial charge is 0.371 e. The molecule has 1 amide bonds. The van der Waals surface area contributed by atoms with Crippen LogP contribution in [0.1, 0.15) is 60.7 Å². The molecule has 1 aromatic heterocycles. The second-order valence-electron chi connectivity index (χ2n) is 9.73. The van der Waals surface area contributed by atoms with E-state index in [1.165, 1.54) is 32.4 Å². The first-order valence-electron chi connectivity index (χ1n) is 13.2. The van der Waals surface area contributed by atoms with E-state index in [0.717, 1.165) is 24.2 Å². The third-order valence-corrected chi connectivity index (χ3v) is 7.69. The number of rotatable bonds is 15. The van der Waals surface area contributed by atoms with Crippen LogP contribution >= 0.6 is 34.5 Å². The van der Waals surface area contributed by atoms with Gasteiger partial charge in [0.05, 0.1) is 29.0 Å². The van der Waals surface area contributed by atoms with Crippen LogP contribution in [-0.4, -0.2) is 49.4 Å². The monoisotopic (exact) mass is 638 g/mol. The van der Waals surface area contributed by atoms with Crippen LogP contribution in [-0.2, 0) is 19.0 Å². The number of aromatic nitrogens is 1. The number of ether oxygens (including phenoxy) is 3. The van der Waals surface area contributed by atoms with Crippen LogP contribution < -0.4 is 5.32 Å². The second-order valence-corrected chi connectivity index (χ2v) is 11.4. The molecule has 0 bridgehead atoms. The number of hydrogen-bond donors (Lipinski definition) is 2. The van der Waals surface area contributed by atoms with Crippen LogP contribution in [0.2, 0.25) is 10.0 Å². The molecular formula is C30H33Cl2FN2O6S. The van der Waals surface area contributed by atoms with Gasteiger partial charge in [0, 0.05) is 54.4 Å². The van der Waals surface area contributed by atoms with E-state index >= 15 is 4.39 Å². The Kier molecular flexibility index (Phi) is 12.8. The number of amides is 1. The number of aliphatic carboxylic acids is 1. The molecule has 42 heavy (non-hydrogen) atoms. The van der Waals surface area contributed by atoms with E-state index in [4.69, 9.17) is 42.5 Å². The summed E-state index contributed by atoms with van der Waals surface area (Å²) in [5.74, 6) is -2.05. The van der Waals surface area contributed by atoms with Gasteiger partial charge in [-0.3, -0.25) is 10.1 Å². The van der Waals surface area contributed by atoms with Gasteiger partial charge in [0.2, 0.25) is 5.76 Å². The highest BCUT2D eigenvalue weighted by Gasteiger charge is 2.21. The molecule has 0 saturated carbocycles. The fourth-order valence-corrected chi connectivity index (χ4v) is 5.40. The number of nitrogens with zero attached hydrogens (tertiary/aromatic N) is 1. The Bertz CT molecular complexity index is 1410. The minimum atomic E-state index is -1.30. The van der Waals surface area contributed by atoms with E-state index in [0.29, 0.717) is 36.8 Å². The zero-order valence-corrected chi connectivity index (χ0v) is 26.0. The van der Waals surface area contributed by atoms with E-state index in [1.54, 1.807) is 23.6 Å². The predicted octanol–water partition coefficient (Wildman–Crippen LogP) is 8.11. The molecule has 3 rings (SSSR count). The summed E-state index contributed by atoms with van der Waals surface area (Å²) in [6.45, 7) is 5.45. The number of methoxy groups -OCH3 is 2. The number of carbonyl (C=O) groups is 2. The summed E-state index contributed by atoms with van der Waals surface area (Å²) in [5.41, 5.74) is 1.34. The van der Waals surface area contributed by atoms with E-state index in [1.807, 2.05) is 0 Å². The number of nitrogens with one attached hydrogen (secondary N) is 1. The molecule has 3 aromatic rings. The maximum atomic E-state index is 15.6. The Morgan fingerprint density at radius 3 is 2.48 bits per heavy atom. The Morgan fingerprint density at radius 2 is 1.86 bits per heavy atom. The normalized spacial score (nSPS) is 12.4. The fourth-order valence-electron chi connectivity index (χ4n) is 4.10. The molecule has 1 heterocycles. The standard InChI is InChI=1S/C30H33Cl2FN2O6S/c1-17(2)7-6-11-41-12-10-25(39-3)20-9-5-8-19(27(20)33)24-16-42-30(34-24)35-28(36)18-13-22(31)21(23(32)14-18)15-26(40-4)29(37)38/h5,8-9,13-17,25H,6-7,10-12H2,1-4H3,(H,37,38)(H,34,35,36)/b26-15-. The van der Waals surface area contributed by atoms with E-state index in [9.17, 15) is 9.59 Å². The molecule has 0 aliphatic rings. The number of anilines is 1. The lowest BCUT2D eigenvalue weighted by atomic mass is 10.0. The Morgan fingerprint density at radius 1 is 1.14 bits per heavy atom. The SMILES string of the molecule is CO/C(=C\c1c(Cl)cc(C(=O)Nc2nc(-c3cccc(C(CCOCCCC(C)C)OC)c3F)cs2)cc1Cl)C(=O)O. The summed E-state index contributed by atoms with van der Waals surface area (Å²) >= 11 is 13.7. The molecule has 0 aliphatic heterocycles. The maximum Gasteiger partial charge on any atom is 0.371 e. The lowest BCUT2D eigenvalue weighted by molar-refractivity contribution is -0.135. The molecule has 1 unspecified atom stereocenters. The average Bonchev–Trinajstić information content (AvgIpc) is 3.40. The van der Waals surface area contributed by atoms with Crippen LogP contribution in [0.25, 0.3) is 17.3 Å². The van der Waals surface area contributed by atoms with Crippen LogP contribution in [0.3, 0.4) is 0 Å². The highest BCUT2D eigenvalue weighted by molar-refractivity contribution is 7.14. The third-order valence-electron chi connectivity index (χ3n) is 6.30. The molecule has 0 saturated heterocycles. The highest BCUT2D eigenvalue weighted by Crippen LogP contribution is 2.33. The molecule has 226 valence electrons. The van der Waals surface area contributed by atoms with Gasteiger partial charge in [-0.25, -0.2) is 14.2 Å². The van der Waals surface area contributed by atoms with Gasteiger partial charge in [-0.1, -0.05) is 49.2 Å². The minimum Gasteiger partial charge on any atom is -0.490 e. The van der Waals surface area contributed by atoms with Crippen molar-refractivity contribution in [2.24, 2.45) is 5.92 Å². The van der Waals surface area contributed by atoms with Crippen molar-refractivity contribution < 1.29 is 33.3 Å². The van der Waals surface area contributed by atoms with Crippen molar-refractivity contribution in [3.8, 4) is 11.3 Å². The topological polar surface area (TPSA) is 107 Å². The zero-order chi connectivity index (χ0) is 30.8. The fraction of sp³-hybridized carbons (Fsp3) is 0.367. The maximum absolute atomic E-state index is 15.6. The molecule has 0 aliphatic carbocycles. The number of hydrogen-bond acceptors (Lipinski definition) is 7. The van der Waals surface area contributed by atoms with Gasteiger partial charge in [-0.05, 0) is 43.0 Å². The summed E-state index contributed by atoms with van der Waals surface area (Å²) in [5, 5.41) is 13.8. The van der Waals surface area contributed by atoms with Gasteiger partial charge in [0.15, 0.2) is 5.13 Å². The van der Waals surface area contributed by atoms with Gasteiger partial charge in [0.1, 0.15) is 5.82 Å². The van der Waals surface area contributed by atoms with Gasteiger partial charge in [0.25, 0.3) is 5.91 Å². The number of benzene rings is 2. The van der Waals surface area contributed by atoms with Crippen LogP contribution in [0, 0.1) is 11.7 Å². The van der Waals surface area contributed by atoms with Crippen molar-refractivity contribution in [1.29, 1.82) is 0 Å². The second kappa shape index (κ2) is 16.0. The first-order chi connectivity index (χ1) is 20.0. The third kappa shape index (κ3) is 8.99. The molecule has 1 atom stereocenters. The van der Waals surface area contributed by atoms with Gasteiger partial charge >= 0.3 is 5.97 Å². The van der Waals surface area contributed by atoms with Crippen LogP contribution in [0.4, 0.5) is 9.52 Å². The summed E-state index contributed by atoms with van der Waals surface area (Å²) in [6, 6.07) is 7.73. The van der Waals surface area contributed by atoms with Crippen molar-refractivity contribution in [1.82, 2.24) is 4.98 Å². The first kappa shape index (κ1) is 33.5. The van der Waals surface area contributed by atoms with Crippen LogP contribution in [0.5, 0.6) is 0 Å². The highest BCUT2D eigenvalue weighted by atomic mass is 35.5. The van der Waals surface area contributed by atoms with Crippen molar-refractivity contribution in [2.75, 3.05) is 32.8 Å². The summed E-state index contributed by atoms with van der Waals surface area (Å²) in [7, 11) is 2.74. The molecular weight excluding hydrogens is 606 g/mol. The van der Waals surface area contributed by atoms with Gasteiger partial charge in [-0.2, -0.15) is 0 Å². The molecule has 0 fully saturated rings. The van der Waals surface area contributed by atoms with Gasteiger partial charge in [-0.15, -0.1) is 11.3 Å². The number of thiazole rings is 1. The molecule has 8 nitrogen and oxygen atoms in total. The summed E-state index contributed by atoms with van der Waals surface area (Å²) < 4.78 is 31.7. The van der Waals surface area contributed by atoms with E-state index in [-0.39, 0.29) is 37.6 Å². The number of carboxylic acid groups (broad SMARTS) is 1. The van der Waals surface area contributed by atoms with Crippen molar-refractivity contribution in [2.45, 2.75) is 39.2 Å². The van der Waals surface area contributed by atoms with E-state index in [2.05, 4.69) is 24.1 Å². The van der Waals surface area contributed by atoms with Crippen molar-refractivity contribution >= 4 is 57.6 Å². The number of carbonyl (C=O) groups excluding carboxylic acids is 1. The zero-order valence-electron chi connectivity index (χ0n) is 23.7. The molecule has 0 spiro atoms. The number of halogens is 3. The van der Waals surface area contributed by atoms with Crippen molar-refractivity contribution in [3.05, 3.63) is 74.0 Å². The van der Waals surface area contributed by atoms with Crippen molar-refractivity contribution in [3.63, 3.8) is 0 Å². The summed E-state index contributed by atoms with van der Waals surface area (Å²) in [4.78, 5) is 28.5. The lowest BCUT2D eigenvalue weighted by Gasteiger charge is -2.18. The predicted molar refractivity (Wildman–Crippen MR) is 164 cm³/mol. The molecule has 2 N–H and O–H groups in total. The molecule has 12 heteroatoms. The average molecular weight is 640 g/mol. The Balaban J connectivity index is 1.71. The summed E-state index contributed by atoms with van der Waals surface area (Å²) in [6.07, 6.45) is 3.25. The number of carboxylic acids is 1. The lowest BCUT2D eigenvalue weighted by Crippen LogP contribution is -2.12. The Labute approximate surface area is 258 Å². The Hall–Kier alpha value is -3.02. The van der Waals surface area contributed by atoms with E-state index < -0.39 is 23.8 Å². The van der Waals surface area contributed by atoms with Crippen LogP contribution in [0.15, 0.2) is 41.5 Å².